The Balaban J connectivity index is 1.34. The number of oxazole rings is 1. The summed E-state index contributed by atoms with van der Waals surface area (Å²) in [6.07, 6.45) is 1.01. The van der Waals surface area contributed by atoms with Gasteiger partial charge >= 0.3 is 5.97 Å². The van der Waals surface area contributed by atoms with Crippen LogP contribution < -0.4 is 4.90 Å². The lowest BCUT2D eigenvalue weighted by Gasteiger charge is -2.31. The zero-order valence-electron chi connectivity index (χ0n) is 15.5. The van der Waals surface area contributed by atoms with Gasteiger partial charge in [0.15, 0.2) is 11.7 Å². The molecule has 3 aromatic rings. The van der Waals surface area contributed by atoms with Crippen LogP contribution in [0.1, 0.15) is 18.9 Å². The minimum absolute atomic E-state index is 0.0288. The molecule has 0 saturated heterocycles. The summed E-state index contributed by atoms with van der Waals surface area (Å²) in [6.45, 7) is 2.25. The number of ether oxygens (including phenoxy) is 1. The molecule has 2 aromatic carbocycles. The fourth-order valence-corrected chi connectivity index (χ4v) is 3.92. The number of para-hydroxylation sites is 3. The maximum absolute atomic E-state index is 12.8. The number of carbonyl (C=O) groups is 2. The van der Waals surface area contributed by atoms with Gasteiger partial charge < -0.3 is 14.1 Å². The van der Waals surface area contributed by atoms with Crippen molar-refractivity contribution in [2.24, 2.45) is 0 Å². The molecule has 1 aromatic heterocycles. The minimum Gasteiger partial charge on any atom is -0.452 e. The number of benzene rings is 2. The van der Waals surface area contributed by atoms with Crippen molar-refractivity contribution in [1.82, 2.24) is 4.98 Å². The molecule has 4 rings (SSSR count). The Morgan fingerprint density at radius 1 is 1.21 bits per heavy atom. The Morgan fingerprint density at radius 3 is 2.86 bits per heavy atom. The van der Waals surface area contributed by atoms with E-state index >= 15 is 0 Å². The Kier molecular flexibility index (Phi) is 5.34. The van der Waals surface area contributed by atoms with E-state index in [4.69, 9.17) is 9.15 Å². The van der Waals surface area contributed by atoms with Crippen LogP contribution in [-0.4, -0.2) is 35.3 Å². The van der Waals surface area contributed by atoms with Crippen molar-refractivity contribution in [3.63, 3.8) is 0 Å². The second kappa shape index (κ2) is 8.06. The quantitative estimate of drug-likeness (QED) is 0.482. The van der Waals surface area contributed by atoms with E-state index in [0.29, 0.717) is 17.4 Å². The Morgan fingerprint density at radius 2 is 2.00 bits per heavy atom. The summed E-state index contributed by atoms with van der Waals surface area (Å²) in [5.74, 6) is -0.646. The van der Waals surface area contributed by atoms with Crippen LogP contribution in [0.4, 0.5) is 5.69 Å². The summed E-state index contributed by atoms with van der Waals surface area (Å²) >= 11 is 1.15. The molecule has 0 spiro atoms. The Bertz CT molecular complexity index is 983. The highest BCUT2D eigenvalue weighted by atomic mass is 32.2. The van der Waals surface area contributed by atoms with Crippen molar-refractivity contribution in [3.05, 3.63) is 54.1 Å². The molecule has 144 valence electrons. The van der Waals surface area contributed by atoms with E-state index in [9.17, 15) is 9.59 Å². The van der Waals surface area contributed by atoms with Gasteiger partial charge in [0.25, 0.3) is 11.1 Å². The van der Waals surface area contributed by atoms with Crippen LogP contribution >= 0.6 is 11.8 Å². The summed E-state index contributed by atoms with van der Waals surface area (Å²) in [5.41, 5.74) is 3.46. The molecular formula is C21H20N2O4S. The van der Waals surface area contributed by atoms with E-state index in [1.165, 1.54) is 0 Å². The molecule has 28 heavy (non-hydrogen) atoms. The van der Waals surface area contributed by atoms with E-state index in [2.05, 4.69) is 4.98 Å². The number of hydrogen-bond donors (Lipinski definition) is 0. The van der Waals surface area contributed by atoms with Gasteiger partial charge in [-0.25, -0.2) is 4.98 Å². The molecule has 0 radical (unpaired) electrons. The van der Waals surface area contributed by atoms with Crippen LogP contribution in [0.2, 0.25) is 0 Å². The predicted molar refractivity (Wildman–Crippen MR) is 107 cm³/mol. The second-order valence-corrected chi connectivity index (χ2v) is 7.52. The molecule has 0 N–H and O–H groups in total. The fraction of sp³-hybridized carbons (Fsp3) is 0.286. The molecule has 0 fully saturated rings. The number of amides is 1. The average Bonchev–Trinajstić information content (AvgIpc) is 3.14. The molecular weight excluding hydrogens is 376 g/mol. The van der Waals surface area contributed by atoms with Crippen molar-refractivity contribution >= 4 is 40.4 Å². The lowest BCUT2D eigenvalue weighted by molar-refractivity contribution is -0.151. The third-order valence-corrected chi connectivity index (χ3v) is 5.42. The summed E-state index contributed by atoms with van der Waals surface area (Å²) in [5, 5.41) is 0.405. The number of hydrogen-bond acceptors (Lipinski definition) is 6. The average molecular weight is 396 g/mol. The van der Waals surface area contributed by atoms with Crippen molar-refractivity contribution in [1.29, 1.82) is 0 Å². The predicted octanol–water partition coefficient (Wildman–Crippen LogP) is 3.83. The molecule has 1 aliphatic heterocycles. The van der Waals surface area contributed by atoms with E-state index in [-0.39, 0.29) is 11.7 Å². The van der Waals surface area contributed by atoms with E-state index in [1.807, 2.05) is 48.5 Å². The molecule has 1 amide bonds. The van der Waals surface area contributed by atoms with Gasteiger partial charge in [0.2, 0.25) is 0 Å². The minimum atomic E-state index is -0.845. The molecule has 7 heteroatoms. The molecule has 6 nitrogen and oxygen atoms in total. The van der Waals surface area contributed by atoms with Crippen molar-refractivity contribution < 1.29 is 18.7 Å². The number of esters is 1. The van der Waals surface area contributed by atoms with Crippen LogP contribution in [-0.2, 0) is 20.7 Å². The molecule has 0 saturated carbocycles. The first kappa shape index (κ1) is 18.6. The van der Waals surface area contributed by atoms with E-state index < -0.39 is 12.1 Å². The first-order chi connectivity index (χ1) is 13.6. The first-order valence-corrected chi connectivity index (χ1v) is 10.2. The Labute approximate surface area is 166 Å². The topological polar surface area (TPSA) is 72.6 Å². The standard InChI is InChI=1S/C21H20N2O4S/c1-14(20(25)23-12-6-8-15-7-2-4-10-17(15)23)26-19(24)13-28-21-22-16-9-3-5-11-18(16)27-21/h2-5,7,9-11,14H,6,8,12-13H2,1H3. The maximum Gasteiger partial charge on any atom is 0.317 e. The molecule has 1 atom stereocenters. The molecule has 0 aliphatic carbocycles. The molecule has 2 heterocycles. The highest BCUT2D eigenvalue weighted by Gasteiger charge is 2.28. The summed E-state index contributed by atoms with van der Waals surface area (Å²) in [7, 11) is 0. The van der Waals surface area contributed by atoms with Gasteiger partial charge in [0.05, 0.1) is 0 Å². The number of carbonyl (C=O) groups excluding carboxylic acids is 2. The van der Waals surface area contributed by atoms with Crippen LogP contribution in [0.5, 0.6) is 0 Å². The monoisotopic (exact) mass is 396 g/mol. The summed E-state index contributed by atoms with van der Waals surface area (Å²) in [6, 6.07) is 15.3. The molecule has 1 aliphatic rings. The SMILES string of the molecule is CC(OC(=O)CSc1nc2ccccc2o1)C(=O)N1CCCc2ccccc21. The van der Waals surface area contributed by atoms with Gasteiger partial charge in [-0.2, -0.15) is 0 Å². The second-order valence-electron chi connectivity index (χ2n) is 6.59. The van der Waals surface area contributed by atoms with E-state index in [0.717, 1.165) is 41.4 Å². The van der Waals surface area contributed by atoms with Crippen molar-refractivity contribution in [2.75, 3.05) is 17.2 Å². The van der Waals surface area contributed by atoms with Crippen LogP contribution in [0.25, 0.3) is 11.1 Å². The van der Waals surface area contributed by atoms with E-state index in [1.54, 1.807) is 11.8 Å². The van der Waals surface area contributed by atoms with Crippen LogP contribution in [0, 0.1) is 0 Å². The highest BCUT2D eigenvalue weighted by Crippen LogP contribution is 2.28. The first-order valence-electron chi connectivity index (χ1n) is 9.19. The van der Waals surface area contributed by atoms with Gasteiger partial charge in [-0.05, 0) is 43.5 Å². The fourth-order valence-electron chi connectivity index (χ4n) is 3.30. The van der Waals surface area contributed by atoms with Gasteiger partial charge in [0, 0.05) is 12.2 Å². The number of aryl methyl sites for hydroxylation is 1. The van der Waals surface area contributed by atoms with Crippen LogP contribution in [0.15, 0.2) is 58.2 Å². The number of aromatic nitrogens is 1. The third kappa shape index (κ3) is 3.89. The lowest BCUT2D eigenvalue weighted by atomic mass is 10.0. The summed E-state index contributed by atoms with van der Waals surface area (Å²) < 4.78 is 10.9. The molecule has 1 unspecified atom stereocenters. The zero-order chi connectivity index (χ0) is 19.5. The third-order valence-electron chi connectivity index (χ3n) is 4.62. The van der Waals surface area contributed by atoms with Gasteiger partial charge in [0.1, 0.15) is 11.3 Å². The largest absolute Gasteiger partial charge is 0.452 e. The highest BCUT2D eigenvalue weighted by molar-refractivity contribution is 7.99. The normalized spacial score (nSPS) is 14.5. The van der Waals surface area contributed by atoms with Gasteiger partial charge in [-0.15, -0.1) is 0 Å². The summed E-state index contributed by atoms with van der Waals surface area (Å²) in [4.78, 5) is 31.0. The van der Waals surface area contributed by atoms with Gasteiger partial charge in [-0.3, -0.25) is 9.59 Å². The van der Waals surface area contributed by atoms with Crippen molar-refractivity contribution in [2.45, 2.75) is 31.1 Å². The zero-order valence-corrected chi connectivity index (χ0v) is 16.3. The van der Waals surface area contributed by atoms with Crippen molar-refractivity contribution in [3.8, 4) is 0 Å². The lowest BCUT2D eigenvalue weighted by Crippen LogP contribution is -2.43. The number of thioether (sulfide) groups is 1. The number of fused-ring (bicyclic) bond motifs is 2. The number of rotatable bonds is 5. The Hall–Kier alpha value is -2.80. The maximum atomic E-state index is 12.8. The smallest absolute Gasteiger partial charge is 0.317 e. The van der Waals surface area contributed by atoms with Gasteiger partial charge in [-0.1, -0.05) is 42.1 Å². The number of nitrogens with zero attached hydrogens (tertiary/aromatic N) is 2. The molecule has 0 bridgehead atoms. The van der Waals surface area contributed by atoms with Crippen LogP contribution in [0.3, 0.4) is 0 Å². The number of anilines is 1.